The molecule has 1 aromatic rings. The molecule has 0 unspecified atom stereocenters. The van der Waals surface area contributed by atoms with E-state index in [-0.39, 0.29) is 30.3 Å². The van der Waals surface area contributed by atoms with Crippen molar-refractivity contribution in [1.82, 2.24) is 10.2 Å². The molecule has 0 aliphatic heterocycles. The van der Waals surface area contributed by atoms with Crippen molar-refractivity contribution in [2.75, 3.05) is 18.4 Å². The van der Waals surface area contributed by atoms with Crippen molar-refractivity contribution >= 4 is 23.4 Å². The summed E-state index contributed by atoms with van der Waals surface area (Å²) in [6.45, 7) is 2.48. The molecule has 0 atom stereocenters. The van der Waals surface area contributed by atoms with Gasteiger partial charge < -0.3 is 15.7 Å². The zero-order valence-corrected chi connectivity index (χ0v) is 15.2. The van der Waals surface area contributed by atoms with E-state index in [1.165, 1.54) is 25.0 Å². The molecule has 0 spiro atoms. The van der Waals surface area contributed by atoms with Crippen molar-refractivity contribution in [3.05, 3.63) is 33.9 Å². The Morgan fingerprint density at radius 1 is 1.33 bits per heavy atom. The van der Waals surface area contributed by atoms with Crippen LogP contribution in [0.2, 0.25) is 0 Å². The first-order valence-electron chi connectivity index (χ1n) is 9.10. The summed E-state index contributed by atoms with van der Waals surface area (Å²) >= 11 is 0. The van der Waals surface area contributed by atoms with E-state index >= 15 is 0 Å². The topological polar surface area (TPSA) is 125 Å². The third kappa shape index (κ3) is 5.16. The smallest absolute Gasteiger partial charge is 0.319 e. The first-order valence-corrected chi connectivity index (χ1v) is 9.10. The van der Waals surface area contributed by atoms with E-state index in [1.54, 1.807) is 13.0 Å². The highest BCUT2D eigenvalue weighted by molar-refractivity contribution is 5.89. The van der Waals surface area contributed by atoms with Crippen molar-refractivity contribution in [1.29, 1.82) is 0 Å². The van der Waals surface area contributed by atoms with Gasteiger partial charge >= 0.3 is 12.0 Å². The number of aryl methyl sites for hydroxylation is 1. The number of carbonyl (C=O) groups excluding carboxylic acids is 1. The van der Waals surface area contributed by atoms with Gasteiger partial charge in [-0.05, 0) is 50.7 Å². The lowest BCUT2D eigenvalue weighted by Gasteiger charge is -2.42. The summed E-state index contributed by atoms with van der Waals surface area (Å²) < 4.78 is 0. The molecule has 27 heavy (non-hydrogen) atoms. The van der Waals surface area contributed by atoms with E-state index in [4.69, 9.17) is 5.11 Å². The van der Waals surface area contributed by atoms with Gasteiger partial charge in [0.2, 0.25) is 0 Å². The molecule has 0 heterocycles. The number of rotatable bonds is 8. The second-order valence-corrected chi connectivity index (χ2v) is 7.45. The highest BCUT2D eigenvalue weighted by Crippen LogP contribution is 2.33. The average molecular weight is 376 g/mol. The largest absolute Gasteiger partial charge is 0.480 e. The van der Waals surface area contributed by atoms with Crippen LogP contribution in [0, 0.1) is 23.0 Å². The number of benzene rings is 1. The van der Waals surface area contributed by atoms with Gasteiger partial charge in [0, 0.05) is 35.9 Å². The minimum absolute atomic E-state index is 0.00430. The predicted octanol–water partition coefficient (Wildman–Crippen LogP) is 2.35. The number of carboxylic acids is 1. The number of aliphatic carboxylic acids is 1. The summed E-state index contributed by atoms with van der Waals surface area (Å²) in [5, 5.41) is 25.5. The molecule has 9 heteroatoms. The monoisotopic (exact) mass is 376 g/mol. The second kappa shape index (κ2) is 7.91. The van der Waals surface area contributed by atoms with Crippen LogP contribution in [0.5, 0.6) is 0 Å². The molecule has 2 amide bonds. The average Bonchev–Trinajstić information content (AvgIpc) is 3.33. The number of carbonyl (C=O) groups is 2. The second-order valence-electron chi connectivity index (χ2n) is 7.45. The summed E-state index contributed by atoms with van der Waals surface area (Å²) in [4.78, 5) is 35.6. The molecule has 2 aliphatic rings. The Kier molecular flexibility index (Phi) is 5.59. The molecule has 9 nitrogen and oxygen atoms in total. The van der Waals surface area contributed by atoms with E-state index in [9.17, 15) is 19.7 Å². The van der Waals surface area contributed by atoms with Crippen LogP contribution >= 0.6 is 0 Å². The first kappa shape index (κ1) is 19.1. The molecule has 2 saturated carbocycles. The highest BCUT2D eigenvalue weighted by Gasteiger charge is 2.37. The number of nitro benzene ring substituents is 1. The van der Waals surface area contributed by atoms with Crippen LogP contribution in [0.3, 0.4) is 0 Å². The van der Waals surface area contributed by atoms with Gasteiger partial charge in [-0.25, -0.2) is 4.79 Å². The molecule has 3 rings (SSSR count). The summed E-state index contributed by atoms with van der Waals surface area (Å²) in [6, 6.07) is 4.26. The fraction of sp³-hybridized carbons (Fsp3) is 0.556. The van der Waals surface area contributed by atoms with E-state index in [0.29, 0.717) is 17.2 Å². The number of hydrogen-bond donors (Lipinski definition) is 3. The predicted molar refractivity (Wildman–Crippen MR) is 98.7 cm³/mol. The zero-order valence-electron chi connectivity index (χ0n) is 15.2. The summed E-state index contributed by atoms with van der Waals surface area (Å²) in [6.07, 6.45) is 3.79. The number of anilines is 1. The van der Waals surface area contributed by atoms with Gasteiger partial charge in [-0.2, -0.15) is 0 Å². The third-order valence-corrected chi connectivity index (χ3v) is 5.14. The zero-order chi connectivity index (χ0) is 19.6. The van der Waals surface area contributed by atoms with Crippen LogP contribution in [0.15, 0.2) is 18.2 Å². The maximum atomic E-state index is 12.1. The van der Waals surface area contributed by atoms with Crippen LogP contribution in [0.1, 0.15) is 31.2 Å². The molecule has 0 bridgehead atoms. The Labute approximate surface area is 156 Å². The maximum Gasteiger partial charge on any atom is 0.319 e. The molecule has 2 fully saturated rings. The Hall–Kier alpha value is -2.68. The number of amides is 2. The lowest BCUT2D eigenvalue weighted by Crippen LogP contribution is -2.55. The molecule has 2 aliphatic carbocycles. The molecular weight excluding hydrogens is 352 g/mol. The Bertz CT molecular complexity index is 743. The number of nitrogens with one attached hydrogen (secondary N) is 2. The number of urea groups is 1. The molecule has 0 radical (unpaired) electrons. The lowest BCUT2D eigenvalue weighted by molar-refractivity contribution is -0.385. The van der Waals surface area contributed by atoms with Gasteiger partial charge in [-0.3, -0.25) is 19.8 Å². The van der Waals surface area contributed by atoms with E-state index < -0.39 is 10.9 Å². The van der Waals surface area contributed by atoms with Crippen LogP contribution in [0.4, 0.5) is 16.2 Å². The quantitative estimate of drug-likeness (QED) is 0.472. The van der Waals surface area contributed by atoms with Crippen molar-refractivity contribution in [2.24, 2.45) is 5.92 Å². The van der Waals surface area contributed by atoms with Gasteiger partial charge in [-0.15, -0.1) is 0 Å². The molecule has 0 saturated heterocycles. The highest BCUT2D eigenvalue weighted by atomic mass is 16.6. The summed E-state index contributed by atoms with van der Waals surface area (Å²) in [7, 11) is 0. The van der Waals surface area contributed by atoms with Crippen molar-refractivity contribution in [2.45, 2.75) is 44.7 Å². The van der Waals surface area contributed by atoms with Crippen LogP contribution in [-0.2, 0) is 4.79 Å². The SMILES string of the molecule is Cc1cc(NC(=O)NC2CC(N(CC(=O)O)CC3CC3)C2)ccc1[N+](=O)[O-]. The molecule has 3 N–H and O–H groups in total. The number of nitrogens with zero attached hydrogens (tertiary/aromatic N) is 2. The molecule has 146 valence electrons. The molecular formula is C18H24N4O5. The lowest BCUT2D eigenvalue weighted by atomic mass is 9.85. The fourth-order valence-corrected chi connectivity index (χ4v) is 3.44. The van der Waals surface area contributed by atoms with Crippen molar-refractivity contribution in [3.8, 4) is 0 Å². The van der Waals surface area contributed by atoms with Gasteiger partial charge in [0.1, 0.15) is 0 Å². The summed E-state index contributed by atoms with van der Waals surface area (Å²) in [5.41, 5.74) is 0.982. The first-order chi connectivity index (χ1) is 12.8. The Morgan fingerprint density at radius 3 is 2.59 bits per heavy atom. The Morgan fingerprint density at radius 2 is 2.04 bits per heavy atom. The van der Waals surface area contributed by atoms with E-state index in [1.807, 2.05) is 4.90 Å². The molecule has 1 aromatic carbocycles. The standard InChI is InChI=1S/C18H24N4O5/c1-11-6-13(4-5-16(11)22(26)27)19-18(25)20-14-7-15(8-14)21(10-17(23)24)9-12-2-3-12/h4-6,12,14-15H,2-3,7-10H2,1H3,(H,23,24)(H2,19,20,25). The number of carboxylic acid groups (broad SMARTS) is 1. The van der Waals surface area contributed by atoms with Gasteiger partial charge in [0.15, 0.2) is 0 Å². The Balaban J connectivity index is 1.46. The number of nitro groups is 1. The van der Waals surface area contributed by atoms with E-state index in [2.05, 4.69) is 10.6 Å². The van der Waals surface area contributed by atoms with Crippen molar-refractivity contribution < 1.29 is 19.6 Å². The third-order valence-electron chi connectivity index (χ3n) is 5.14. The van der Waals surface area contributed by atoms with Crippen molar-refractivity contribution in [3.63, 3.8) is 0 Å². The minimum atomic E-state index is -0.821. The van der Waals surface area contributed by atoms with Crippen LogP contribution in [0.25, 0.3) is 0 Å². The van der Waals surface area contributed by atoms with E-state index in [0.717, 1.165) is 19.4 Å². The minimum Gasteiger partial charge on any atom is -0.480 e. The fourth-order valence-electron chi connectivity index (χ4n) is 3.44. The van der Waals surface area contributed by atoms with Gasteiger partial charge in [0.05, 0.1) is 11.5 Å². The maximum absolute atomic E-state index is 12.1. The number of hydrogen-bond acceptors (Lipinski definition) is 5. The van der Waals surface area contributed by atoms with Crippen LogP contribution in [-0.4, -0.2) is 52.1 Å². The molecule has 0 aromatic heterocycles. The summed E-state index contributed by atoms with van der Waals surface area (Å²) in [5.74, 6) is -0.205. The van der Waals surface area contributed by atoms with Crippen LogP contribution < -0.4 is 10.6 Å². The normalized spacial score (nSPS) is 21.4. The van der Waals surface area contributed by atoms with Gasteiger partial charge in [0.25, 0.3) is 5.69 Å². The van der Waals surface area contributed by atoms with Gasteiger partial charge in [-0.1, -0.05) is 0 Å².